The first-order chi connectivity index (χ1) is 15.0. The fourth-order valence-electron chi connectivity index (χ4n) is 4.06. The lowest BCUT2D eigenvalue weighted by Gasteiger charge is -2.34. The fourth-order valence-corrected chi connectivity index (χ4v) is 4.50. The molecule has 0 spiro atoms. The molecule has 1 amide bonds. The minimum absolute atomic E-state index is 0.0354. The molecule has 0 N–H and O–H groups in total. The summed E-state index contributed by atoms with van der Waals surface area (Å²) in [6.07, 6.45) is -8.24. The van der Waals surface area contributed by atoms with Gasteiger partial charge in [0.05, 0.1) is 41.3 Å². The molecular formula is C18H16Cl2F5N5O2. The average Bonchev–Trinajstić information content (AvgIpc) is 3.21. The van der Waals surface area contributed by atoms with E-state index in [0.29, 0.717) is 9.47 Å². The second kappa shape index (κ2) is 8.29. The summed E-state index contributed by atoms with van der Waals surface area (Å²) >= 11 is 11.8. The smallest absolute Gasteiger partial charge is 0.335 e. The number of aryl methyl sites for hydroxylation is 1. The maximum Gasteiger partial charge on any atom is 0.394 e. The van der Waals surface area contributed by atoms with Crippen molar-refractivity contribution in [2.75, 3.05) is 13.1 Å². The van der Waals surface area contributed by atoms with Gasteiger partial charge in [0.25, 0.3) is 0 Å². The molecule has 7 nitrogen and oxygen atoms in total. The van der Waals surface area contributed by atoms with Crippen LogP contribution >= 0.6 is 23.2 Å². The minimum Gasteiger partial charge on any atom is -0.335 e. The number of fused-ring (bicyclic) bond motifs is 1. The number of hydrogen-bond acceptors (Lipinski definition) is 4. The molecule has 0 bridgehead atoms. The number of halogens is 7. The number of carbonyl (C=O) groups excluding carboxylic acids is 1. The SMILES string of the molecule is O=C(C1C(C(F)(F)F)CCc2nn(Cc3ncc(Cl)cc3Cl)c(=O)n21)N1C[C@@H](F)[C@@H](F)C1. The highest BCUT2D eigenvalue weighted by atomic mass is 35.5. The topological polar surface area (TPSA) is 73.0 Å². The zero-order chi connectivity index (χ0) is 23.4. The normalized spacial score (nSPS) is 25.8. The third-order valence-electron chi connectivity index (χ3n) is 5.63. The van der Waals surface area contributed by atoms with Crippen molar-refractivity contribution in [3.8, 4) is 0 Å². The maximum atomic E-state index is 13.8. The predicted octanol–water partition coefficient (Wildman–Crippen LogP) is 2.98. The van der Waals surface area contributed by atoms with Gasteiger partial charge in [-0.3, -0.25) is 14.3 Å². The Kier molecular flexibility index (Phi) is 5.95. The summed E-state index contributed by atoms with van der Waals surface area (Å²) in [5.41, 5.74) is -0.781. The van der Waals surface area contributed by atoms with Crippen LogP contribution in [0.4, 0.5) is 22.0 Å². The van der Waals surface area contributed by atoms with E-state index in [0.717, 1.165) is 4.68 Å². The lowest BCUT2D eigenvalue weighted by Crippen LogP contribution is -2.49. The molecule has 2 aromatic rings. The van der Waals surface area contributed by atoms with Crippen LogP contribution in [0.15, 0.2) is 17.1 Å². The number of hydrogen-bond donors (Lipinski definition) is 0. The first-order valence-corrected chi connectivity index (χ1v) is 10.3. The molecule has 2 aromatic heterocycles. The van der Waals surface area contributed by atoms with E-state index < -0.39 is 61.6 Å². The molecule has 0 radical (unpaired) electrons. The van der Waals surface area contributed by atoms with Crippen LogP contribution in [0.5, 0.6) is 0 Å². The first-order valence-electron chi connectivity index (χ1n) is 9.59. The van der Waals surface area contributed by atoms with Crippen molar-refractivity contribution >= 4 is 29.1 Å². The second-order valence-electron chi connectivity index (χ2n) is 7.72. The highest BCUT2D eigenvalue weighted by molar-refractivity contribution is 6.34. The Bertz CT molecular complexity index is 1090. The van der Waals surface area contributed by atoms with E-state index in [9.17, 15) is 31.5 Å². The Labute approximate surface area is 187 Å². The zero-order valence-corrected chi connectivity index (χ0v) is 17.7. The maximum absolute atomic E-state index is 13.8. The molecule has 2 aliphatic heterocycles. The number of amides is 1. The van der Waals surface area contributed by atoms with Crippen molar-refractivity contribution in [1.29, 1.82) is 0 Å². The molecule has 14 heteroatoms. The quantitative estimate of drug-likeness (QED) is 0.608. The molecule has 1 fully saturated rings. The van der Waals surface area contributed by atoms with Gasteiger partial charge in [0.2, 0.25) is 5.91 Å². The lowest BCUT2D eigenvalue weighted by atomic mass is 9.89. The minimum atomic E-state index is -4.81. The molecule has 2 unspecified atom stereocenters. The molecule has 4 rings (SSSR count). The first kappa shape index (κ1) is 23.0. The van der Waals surface area contributed by atoms with Crippen molar-refractivity contribution in [3.05, 3.63) is 44.3 Å². The summed E-state index contributed by atoms with van der Waals surface area (Å²) in [5.74, 6) is -3.40. The highest BCUT2D eigenvalue weighted by Gasteiger charge is 2.53. The van der Waals surface area contributed by atoms with Crippen LogP contribution < -0.4 is 5.69 Å². The Hall–Kier alpha value is -2.21. The molecule has 2 aliphatic rings. The summed E-state index contributed by atoms with van der Waals surface area (Å²) in [7, 11) is 0. The lowest BCUT2D eigenvalue weighted by molar-refractivity contribution is -0.196. The van der Waals surface area contributed by atoms with Crippen LogP contribution in [0.1, 0.15) is 24.0 Å². The summed E-state index contributed by atoms with van der Waals surface area (Å²) in [5, 5.41) is 4.43. The van der Waals surface area contributed by atoms with Crippen LogP contribution in [0.25, 0.3) is 0 Å². The number of nitrogens with zero attached hydrogens (tertiary/aromatic N) is 5. The monoisotopic (exact) mass is 499 g/mol. The van der Waals surface area contributed by atoms with Gasteiger partial charge in [-0.15, -0.1) is 0 Å². The number of likely N-dealkylation sites (tertiary alicyclic amines) is 1. The summed E-state index contributed by atoms with van der Waals surface area (Å²) in [6, 6.07) is -0.627. The average molecular weight is 500 g/mol. The van der Waals surface area contributed by atoms with Crippen molar-refractivity contribution in [3.63, 3.8) is 0 Å². The molecule has 0 saturated carbocycles. The van der Waals surface area contributed by atoms with Crippen LogP contribution in [0.2, 0.25) is 10.0 Å². The summed E-state index contributed by atoms with van der Waals surface area (Å²) < 4.78 is 70.0. The fraction of sp³-hybridized carbons (Fsp3) is 0.556. The van der Waals surface area contributed by atoms with E-state index in [4.69, 9.17) is 23.2 Å². The molecule has 0 aromatic carbocycles. The molecule has 4 heterocycles. The third kappa shape index (κ3) is 4.09. The van der Waals surface area contributed by atoms with E-state index in [1.807, 2.05) is 0 Å². The molecule has 0 aliphatic carbocycles. The Morgan fingerprint density at radius 2 is 1.84 bits per heavy atom. The van der Waals surface area contributed by atoms with Crippen molar-refractivity contribution in [1.82, 2.24) is 24.2 Å². The number of pyridine rings is 1. The van der Waals surface area contributed by atoms with Gasteiger partial charge in [0, 0.05) is 12.6 Å². The van der Waals surface area contributed by atoms with Crippen molar-refractivity contribution < 1.29 is 26.7 Å². The van der Waals surface area contributed by atoms with E-state index in [1.54, 1.807) is 0 Å². The Morgan fingerprint density at radius 1 is 1.19 bits per heavy atom. The molecule has 4 atom stereocenters. The van der Waals surface area contributed by atoms with E-state index in [1.165, 1.54) is 12.3 Å². The molecule has 1 saturated heterocycles. The summed E-state index contributed by atoms with van der Waals surface area (Å²) in [4.78, 5) is 30.7. The van der Waals surface area contributed by atoms with Gasteiger partial charge in [-0.05, 0) is 12.5 Å². The van der Waals surface area contributed by atoms with Gasteiger partial charge in [-0.25, -0.2) is 18.3 Å². The number of carbonyl (C=O) groups is 1. The standard InChI is InChI=1S/C18H16Cl2F5N5O2/c19-8-3-10(20)13(26-4-8)7-29-17(32)30-14(27-29)2-1-9(18(23,24)25)15(30)16(31)28-5-11(21)12(22)6-28/h3-4,9,11-12,15H,1-2,5-7H2/t9?,11-,12+,15?. The van der Waals surface area contributed by atoms with Gasteiger partial charge < -0.3 is 4.90 Å². The van der Waals surface area contributed by atoms with E-state index in [-0.39, 0.29) is 34.5 Å². The second-order valence-corrected chi connectivity index (χ2v) is 8.56. The Balaban J connectivity index is 1.74. The van der Waals surface area contributed by atoms with Crippen molar-refractivity contribution in [2.45, 2.75) is 43.9 Å². The number of rotatable bonds is 3. The van der Waals surface area contributed by atoms with E-state index >= 15 is 0 Å². The van der Waals surface area contributed by atoms with Gasteiger partial charge in [-0.2, -0.15) is 18.3 Å². The third-order valence-corrected chi connectivity index (χ3v) is 6.16. The summed E-state index contributed by atoms with van der Waals surface area (Å²) in [6.45, 7) is -1.62. The highest BCUT2D eigenvalue weighted by Crippen LogP contribution is 2.42. The van der Waals surface area contributed by atoms with Gasteiger partial charge in [0.1, 0.15) is 11.9 Å². The van der Waals surface area contributed by atoms with E-state index in [2.05, 4.69) is 10.1 Å². The van der Waals surface area contributed by atoms with Gasteiger partial charge in [0.15, 0.2) is 12.3 Å². The van der Waals surface area contributed by atoms with Gasteiger partial charge in [-0.1, -0.05) is 23.2 Å². The number of alkyl halides is 5. The largest absolute Gasteiger partial charge is 0.394 e. The van der Waals surface area contributed by atoms with Gasteiger partial charge >= 0.3 is 11.9 Å². The van der Waals surface area contributed by atoms with Crippen LogP contribution in [0.3, 0.4) is 0 Å². The molecular weight excluding hydrogens is 484 g/mol. The zero-order valence-electron chi connectivity index (χ0n) is 16.2. The Morgan fingerprint density at radius 3 is 2.44 bits per heavy atom. The number of aromatic nitrogens is 4. The molecule has 32 heavy (non-hydrogen) atoms. The van der Waals surface area contributed by atoms with Crippen LogP contribution in [-0.4, -0.2) is 61.7 Å². The molecule has 174 valence electrons. The van der Waals surface area contributed by atoms with Crippen LogP contribution in [0, 0.1) is 5.92 Å². The predicted molar refractivity (Wildman–Crippen MR) is 103 cm³/mol. The van der Waals surface area contributed by atoms with Crippen LogP contribution in [-0.2, 0) is 17.8 Å². The van der Waals surface area contributed by atoms with Crippen molar-refractivity contribution in [2.24, 2.45) is 5.92 Å².